The van der Waals surface area contributed by atoms with Crippen LogP contribution < -0.4 is 0 Å². The van der Waals surface area contributed by atoms with Crippen LogP contribution in [0.4, 0.5) is 0 Å². The monoisotopic (exact) mass is 675 g/mol. The largest absolute Gasteiger partial charge is 0.480 e. The fourth-order valence-corrected chi connectivity index (χ4v) is 8.96. The number of hydrogen-bond acceptors (Lipinski definition) is 6. The van der Waals surface area contributed by atoms with Crippen molar-refractivity contribution in [3.05, 3.63) is 59.2 Å². The maximum absolute atomic E-state index is 14.6. The molecule has 0 aliphatic carbocycles. The van der Waals surface area contributed by atoms with Crippen molar-refractivity contribution in [2.24, 2.45) is 10.9 Å². The maximum atomic E-state index is 14.6. The minimum atomic E-state index is -1.35. The van der Waals surface area contributed by atoms with Crippen LogP contribution in [0.5, 0.6) is 0 Å². The van der Waals surface area contributed by atoms with Crippen LogP contribution in [0.25, 0.3) is 0 Å². The first-order chi connectivity index (χ1) is 23.0. The summed E-state index contributed by atoms with van der Waals surface area (Å²) in [6.07, 6.45) is 10.9. The summed E-state index contributed by atoms with van der Waals surface area (Å²) in [4.78, 5) is 91.4. The second-order valence-electron chi connectivity index (χ2n) is 13.6. The van der Waals surface area contributed by atoms with Crippen molar-refractivity contribution in [3.8, 4) is 0 Å². The third-order valence-electron chi connectivity index (χ3n) is 11.0. The van der Waals surface area contributed by atoms with E-state index in [1.54, 1.807) is 40.1 Å². The topological polar surface area (TPSA) is 148 Å². The van der Waals surface area contributed by atoms with Gasteiger partial charge in [-0.25, -0.2) is 9.79 Å². The highest BCUT2D eigenvalue weighted by Crippen LogP contribution is 2.43. The summed E-state index contributed by atoms with van der Waals surface area (Å²) in [7, 11) is 0. The zero-order valence-corrected chi connectivity index (χ0v) is 27.4. The third-order valence-corrected chi connectivity index (χ3v) is 11.3. The molecule has 252 valence electrons. The predicted molar refractivity (Wildman–Crippen MR) is 174 cm³/mol. The van der Waals surface area contributed by atoms with Crippen molar-refractivity contribution in [1.29, 1.82) is 0 Å². The van der Waals surface area contributed by atoms with Crippen LogP contribution >= 0.6 is 11.6 Å². The average molecular weight is 676 g/mol. The number of halogens is 1. The first kappa shape index (κ1) is 32.2. The fourth-order valence-electron chi connectivity index (χ4n) is 8.76. The lowest BCUT2D eigenvalue weighted by atomic mass is 9.88. The summed E-state index contributed by atoms with van der Waals surface area (Å²) in [5.74, 6) is -3.41. The van der Waals surface area contributed by atoms with E-state index in [2.05, 4.69) is 4.99 Å². The number of nitrogens with zero attached hydrogens (tertiary/aromatic N) is 5. The summed E-state index contributed by atoms with van der Waals surface area (Å²) in [5, 5.41) is 10.3. The van der Waals surface area contributed by atoms with Crippen molar-refractivity contribution in [1.82, 2.24) is 19.6 Å². The Balaban J connectivity index is 1.15. The Morgan fingerprint density at radius 2 is 1.67 bits per heavy atom. The number of benzene rings is 1. The van der Waals surface area contributed by atoms with Crippen LogP contribution in [-0.2, 0) is 35.2 Å². The third kappa shape index (κ3) is 5.15. The van der Waals surface area contributed by atoms with E-state index >= 15 is 0 Å². The molecule has 13 heteroatoms. The van der Waals surface area contributed by atoms with Crippen LogP contribution in [0.2, 0.25) is 5.02 Å². The molecule has 6 aliphatic rings. The smallest absolute Gasteiger partial charge is 0.326 e. The number of carbonyl (C=O) groups excluding carboxylic acids is 5. The minimum absolute atomic E-state index is 0.0105. The minimum Gasteiger partial charge on any atom is -0.480 e. The molecule has 0 saturated carbocycles. The molecule has 7 atom stereocenters. The summed E-state index contributed by atoms with van der Waals surface area (Å²) in [5.41, 5.74) is -0.740. The van der Waals surface area contributed by atoms with E-state index in [1.807, 2.05) is 18.2 Å². The Kier molecular flexibility index (Phi) is 8.25. The number of fused-ring (bicyclic) bond motifs is 3. The number of carboxylic acid groups (broad SMARTS) is 1. The van der Waals surface area contributed by atoms with E-state index in [0.717, 1.165) is 0 Å². The Bertz CT molecular complexity index is 1690. The summed E-state index contributed by atoms with van der Waals surface area (Å²) >= 11 is 6.38. The number of amides is 5. The molecule has 0 aromatic heterocycles. The summed E-state index contributed by atoms with van der Waals surface area (Å²) in [6.45, 7) is 1.85. The second kappa shape index (κ2) is 12.3. The molecule has 6 heterocycles. The van der Waals surface area contributed by atoms with Crippen LogP contribution in [0.15, 0.2) is 53.6 Å². The lowest BCUT2D eigenvalue weighted by molar-refractivity contribution is -0.157. The van der Waals surface area contributed by atoms with Gasteiger partial charge in [0.1, 0.15) is 29.4 Å². The molecule has 6 aliphatic heterocycles. The number of likely N-dealkylation sites (tertiary alicyclic amines) is 2. The van der Waals surface area contributed by atoms with Gasteiger partial charge in [-0.2, -0.15) is 0 Å². The molecule has 0 radical (unpaired) electrons. The van der Waals surface area contributed by atoms with Crippen LogP contribution in [-0.4, -0.2) is 115 Å². The van der Waals surface area contributed by atoms with Gasteiger partial charge in [0.2, 0.25) is 17.7 Å². The van der Waals surface area contributed by atoms with Crippen LogP contribution in [0.3, 0.4) is 0 Å². The van der Waals surface area contributed by atoms with Crippen LogP contribution in [0, 0.1) is 5.92 Å². The first-order valence-corrected chi connectivity index (χ1v) is 17.1. The number of hydrogen-bond donors (Lipinski definition) is 1. The fraction of sp³-hybridized carbons (Fsp3) is 0.514. The Morgan fingerprint density at radius 3 is 2.40 bits per heavy atom. The molecule has 12 nitrogen and oxygen atoms in total. The van der Waals surface area contributed by atoms with Gasteiger partial charge in [-0.15, -0.1) is 0 Å². The molecule has 4 fully saturated rings. The van der Waals surface area contributed by atoms with Gasteiger partial charge in [0.15, 0.2) is 0 Å². The quantitative estimate of drug-likeness (QED) is 0.372. The van der Waals surface area contributed by atoms with Gasteiger partial charge in [0.25, 0.3) is 11.8 Å². The number of aliphatic carboxylic acids is 1. The molecule has 7 rings (SSSR count). The van der Waals surface area contributed by atoms with Crippen molar-refractivity contribution < 1.29 is 33.9 Å². The van der Waals surface area contributed by atoms with Gasteiger partial charge >= 0.3 is 5.97 Å². The Morgan fingerprint density at radius 1 is 0.938 bits per heavy atom. The van der Waals surface area contributed by atoms with E-state index in [0.29, 0.717) is 62.1 Å². The lowest BCUT2D eigenvalue weighted by Crippen LogP contribution is -2.64. The molecule has 4 saturated heterocycles. The highest BCUT2D eigenvalue weighted by Gasteiger charge is 2.58. The maximum Gasteiger partial charge on any atom is 0.326 e. The molecule has 0 bridgehead atoms. The summed E-state index contributed by atoms with van der Waals surface area (Å²) in [6, 6.07) is 3.73. The van der Waals surface area contributed by atoms with Gasteiger partial charge in [-0.05, 0) is 56.6 Å². The molecule has 1 aromatic rings. The first-order valence-electron chi connectivity index (χ1n) is 16.7. The lowest BCUT2D eigenvalue weighted by Gasteiger charge is -2.44. The van der Waals surface area contributed by atoms with Crippen molar-refractivity contribution >= 4 is 52.8 Å². The standard InChI is InChI=1S/C35H38ClN5O7/c1-20(42)37-26(19-22-5-2-3-6-25(22)36)30(43)39-17-4-15-35(39)16-13-24-9-11-27(41(24)34(35)48)31(44)38-18-14-21-7-8-23-10-12-28(33(46)47)40(23)32(45)29(21)38/h2-3,5-8,13,16,21,23-24,27-29H,4,9-12,14-15,17-19H2,1H3,(H,46,47)/t21-,23-,24-,27-,28-,29-,35+/m0/s1. The Hall–Kier alpha value is -4.32. The molecule has 48 heavy (non-hydrogen) atoms. The normalized spacial score (nSPS) is 32.5. The summed E-state index contributed by atoms with van der Waals surface area (Å²) < 4.78 is 0. The van der Waals surface area contributed by atoms with Gasteiger partial charge in [-0.1, -0.05) is 54.1 Å². The van der Waals surface area contributed by atoms with E-state index < -0.39 is 41.4 Å². The SMILES string of the molecule is CC(=O)N=C(Cc1ccccc1Cl)C(=O)N1CCC[C@]12C=C[C@@H]1CC[C@@H](C(=O)N3CC[C@@H]4C=C[C@H]5CC[C@@H](C(=O)O)N5C(=O)[C@H]43)N1C2=O. The van der Waals surface area contributed by atoms with E-state index in [-0.39, 0.29) is 54.4 Å². The number of carbonyl (C=O) groups is 6. The predicted octanol–water partition coefficient (Wildman–Crippen LogP) is 2.39. The average Bonchev–Trinajstić information content (AvgIpc) is 3.85. The molecule has 5 amide bonds. The van der Waals surface area contributed by atoms with Crippen molar-refractivity contribution in [2.75, 3.05) is 13.1 Å². The molecule has 1 N–H and O–H groups in total. The molecular weight excluding hydrogens is 638 g/mol. The van der Waals surface area contributed by atoms with Crippen molar-refractivity contribution in [2.45, 2.75) is 94.0 Å². The van der Waals surface area contributed by atoms with E-state index in [9.17, 15) is 33.9 Å². The van der Waals surface area contributed by atoms with Gasteiger partial charge in [-0.3, -0.25) is 24.0 Å². The molecule has 0 unspecified atom stereocenters. The van der Waals surface area contributed by atoms with E-state index in [1.165, 1.54) is 16.7 Å². The highest BCUT2D eigenvalue weighted by molar-refractivity contribution is 6.42. The zero-order valence-electron chi connectivity index (χ0n) is 26.7. The number of rotatable bonds is 5. The van der Waals surface area contributed by atoms with Crippen molar-refractivity contribution in [3.63, 3.8) is 0 Å². The van der Waals surface area contributed by atoms with Crippen LogP contribution in [0.1, 0.15) is 57.4 Å². The second-order valence-corrected chi connectivity index (χ2v) is 14.0. The molecule has 1 aromatic carbocycles. The van der Waals surface area contributed by atoms with Gasteiger partial charge in [0, 0.05) is 37.4 Å². The molecular formula is C35H38ClN5O7. The Labute approximate surface area is 283 Å². The molecule has 1 spiro atoms. The number of carboxylic acids is 1. The zero-order chi connectivity index (χ0) is 33.9. The highest BCUT2D eigenvalue weighted by atomic mass is 35.5. The number of aliphatic imine (C=N–C) groups is 1. The van der Waals surface area contributed by atoms with E-state index in [4.69, 9.17) is 11.6 Å². The van der Waals surface area contributed by atoms with Gasteiger partial charge < -0.3 is 24.7 Å². The van der Waals surface area contributed by atoms with Gasteiger partial charge in [0.05, 0.1) is 12.1 Å².